The summed E-state index contributed by atoms with van der Waals surface area (Å²) in [4.78, 5) is 17.6. The van der Waals surface area contributed by atoms with Crippen molar-refractivity contribution in [2.45, 2.75) is 26.9 Å². The van der Waals surface area contributed by atoms with E-state index in [1.807, 2.05) is 93.7 Å². The maximum atomic E-state index is 13.2. The summed E-state index contributed by atoms with van der Waals surface area (Å²) < 4.78 is 7.67. The lowest BCUT2D eigenvalue weighted by atomic mass is 9.99. The van der Waals surface area contributed by atoms with Gasteiger partial charge in [-0.05, 0) is 68.3 Å². The van der Waals surface area contributed by atoms with Gasteiger partial charge in [0, 0.05) is 41.6 Å². The molecule has 35 heavy (non-hydrogen) atoms. The number of nitrogens with one attached hydrogen (secondary N) is 2. The van der Waals surface area contributed by atoms with Gasteiger partial charge in [-0.3, -0.25) is 14.9 Å². The number of para-hydroxylation sites is 1. The van der Waals surface area contributed by atoms with Crippen molar-refractivity contribution >= 4 is 22.4 Å². The van der Waals surface area contributed by atoms with E-state index in [0.29, 0.717) is 11.4 Å². The third kappa shape index (κ3) is 4.53. The van der Waals surface area contributed by atoms with Crippen molar-refractivity contribution in [2.75, 3.05) is 5.32 Å². The van der Waals surface area contributed by atoms with E-state index in [-0.39, 0.29) is 11.7 Å². The van der Waals surface area contributed by atoms with Crippen LogP contribution in [0.25, 0.3) is 22.0 Å². The Morgan fingerprint density at radius 1 is 1.00 bits per heavy atom. The van der Waals surface area contributed by atoms with Gasteiger partial charge in [0.25, 0.3) is 5.56 Å². The average molecular weight is 466 g/mol. The molecule has 7 heteroatoms. The Labute approximate surface area is 203 Å². The molecule has 7 nitrogen and oxygen atoms in total. The summed E-state index contributed by atoms with van der Waals surface area (Å²) in [6.45, 7) is 5.90. The Hall–Kier alpha value is -4.39. The lowest BCUT2D eigenvalue weighted by Gasteiger charge is -2.13. The van der Waals surface area contributed by atoms with Crippen molar-refractivity contribution in [1.82, 2.24) is 19.7 Å². The molecule has 0 aliphatic heterocycles. The van der Waals surface area contributed by atoms with E-state index in [2.05, 4.69) is 20.5 Å². The summed E-state index contributed by atoms with van der Waals surface area (Å²) in [6, 6.07) is 21.4. The molecule has 1 atom stereocenters. The lowest BCUT2D eigenvalue weighted by molar-refractivity contribution is 0.222. The van der Waals surface area contributed by atoms with Crippen molar-refractivity contribution in [3.63, 3.8) is 0 Å². The molecule has 5 rings (SSSR count). The van der Waals surface area contributed by atoms with Crippen LogP contribution in [-0.4, -0.2) is 19.7 Å². The molecule has 0 fully saturated rings. The lowest BCUT2D eigenvalue weighted by Crippen LogP contribution is -2.19. The predicted octanol–water partition coefficient (Wildman–Crippen LogP) is 5.82. The molecule has 0 saturated carbocycles. The van der Waals surface area contributed by atoms with E-state index < -0.39 is 0 Å². The van der Waals surface area contributed by atoms with Gasteiger partial charge in [-0.1, -0.05) is 24.3 Å². The van der Waals surface area contributed by atoms with Crippen LogP contribution in [0.4, 0.5) is 11.5 Å². The zero-order valence-electron chi connectivity index (χ0n) is 20.2. The molecule has 0 aliphatic carbocycles. The minimum absolute atomic E-state index is 0.0442. The van der Waals surface area contributed by atoms with E-state index >= 15 is 0 Å². The van der Waals surface area contributed by atoms with Crippen LogP contribution in [0.1, 0.15) is 30.0 Å². The molecule has 0 bridgehead atoms. The summed E-state index contributed by atoms with van der Waals surface area (Å²) in [5.41, 5.74) is 5.92. The van der Waals surface area contributed by atoms with Crippen molar-refractivity contribution in [1.29, 1.82) is 0 Å². The Balaban J connectivity index is 1.43. The molecule has 2 aromatic carbocycles. The maximum Gasteiger partial charge on any atom is 0.258 e. The first-order valence-corrected chi connectivity index (χ1v) is 11.5. The van der Waals surface area contributed by atoms with Crippen LogP contribution in [0.3, 0.4) is 0 Å². The van der Waals surface area contributed by atoms with Crippen LogP contribution in [-0.2, 0) is 7.05 Å². The van der Waals surface area contributed by atoms with E-state index in [4.69, 9.17) is 4.74 Å². The molecule has 0 aliphatic rings. The van der Waals surface area contributed by atoms with Crippen LogP contribution in [0, 0.1) is 13.8 Å². The van der Waals surface area contributed by atoms with Gasteiger partial charge >= 0.3 is 0 Å². The predicted molar refractivity (Wildman–Crippen MR) is 139 cm³/mol. The molecule has 0 saturated heterocycles. The summed E-state index contributed by atoms with van der Waals surface area (Å²) in [5.74, 6) is 1.47. The van der Waals surface area contributed by atoms with Gasteiger partial charge < -0.3 is 14.6 Å². The number of hydrogen-bond donors (Lipinski definition) is 2. The van der Waals surface area contributed by atoms with Crippen LogP contribution in [0.15, 0.2) is 77.7 Å². The van der Waals surface area contributed by atoms with Crippen molar-refractivity contribution < 1.29 is 4.74 Å². The normalized spacial score (nSPS) is 12.0. The number of aromatic nitrogens is 4. The van der Waals surface area contributed by atoms with Crippen LogP contribution in [0.5, 0.6) is 5.75 Å². The molecule has 0 spiro atoms. The number of benzene rings is 2. The Kier molecular flexibility index (Phi) is 5.82. The summed E-state index contributed by atoms with van der Waals surface area (Å²) >= 11 is 0. The van der Waals surface area contributed by atoms with Crippen LogP contribution < -0.4 is 15.6 Å². The number of ether oxygens (including phenoxy) is 1. The minimum Gasteiger partial charge on any atom is -0.484 e. The highest BCUT2D eigenvalue weighted by Gasteiger charge is 2.14. The summed E-state index contributed by atoms with van der Waals surface area (Å²) in [7, 11) is 1.80. The SMILES string of the molecule is Cc1cc2c(cn1)cc(-c1cc(Nc3cc(C(C)Oc4ccccc4)[nH]n3)ccc1C)c(=O)n2C. The fourth-order valence-corrected chi connectivity index (χ4v) is 4.17. The molecule has 1 unspecified atom stereocenters. The second-order valence-corrected chi connectivity index (χ2v) is 8.74. The number of fused-ring (bicyclic) bond motifs is 1. The Morgan fingerprint density at radius 2 is 1.80 bits per heavy atom. The van der Waals surface area contributed by atoms with Gasteiger partial charge in [0.1, 0.15) is 11.9 Å². The number of anilines is 2. The zero-order valence-corrected chi connectivity index (χ0v) is 20.2. The first kappa shape index (κ1) is 22.4. The molecule has 0 amide bonds. The highest BCUT2D eigenvalue weighted by Crippen LogP contribution is 2.29. The van der Waals surface area contributed by atoms with Gasteiger partial charge in [0.2, 0.25) is 0 Å². The minimum atomic E-state index is -0.188. The summed E-state index contributed by atoms with van der Waals surface area (Å²) in [6.07, 6.45) is 1.63. The molecule has 5 aromatic rings. The second kappa shape index (κ2) is 9.10. The number of nitrogens with zero attached hydrogens (tertiary/aromatic N) is 3. The molecule has 3 heterocycles. The largest absolute Gasteiger partial charge is 0.484 e. The first-order valence-electron chi connectivity index (χ1n) is 11.5. The number of aryl methyl sites for hydroxylation is 3. The number of pyridine rings is 2. The fraction of sp³-hybridized carbons (Fsp3) is 0.179. The molecule has 2 N–H and O–H groups in total. The molecule has 0 radical (unpaired) electrons. The topological polar surface area (TPSA) is 84.8 Å². The molecular weight excluding hydrogens is 438 g/mol. The third-order valence-electron chi connectivity index (χ3n) is 6.14. The molecular formula is C28H27N5O2. The number of H-pyrrole nitrogens is 1. The van der Waals surface area contributed by atoms with E-state index in [9.17, 15) is 4.79 Å². The monoisotopic (exact) mass is 465 g/mol. The van der Waals surface area contributed by atoms with Crippen LogP contribution >= 0.6 is 0 Å². The number of rotatable bonds is 6. The van der Waals surface area contributed by atoms with Crippen molar-refractivity contribution in [3.8, 4) is 16.9 Å². The van der Waals surface area contributed by atoms with Gasteiger partial charge in [0.15, 0.2) is 5.82 Å². The van der Waals surface area contributed by atoms with E-state index in [0.717, 1.165) is 44.9 Å². The van der Waals surface area contributed by atoms with Crippen molar-refractivity contribution in [2.24, 2.45) is 7.05 Å². The Morgan fingerprint density at radius 3 is 2.60 bits per heavy atom. The smallest absolute Gasteiger partial charge is 0.258 e. The summed E-state index contributed by atoms with van der Waals surface area (Å²) in [5, 5.41) is 11.7. The highest BCUT2D eigenvalue weighted by molar-refractivity contribution is 5.85. The fourth-order valence-electron chi connectivity index (χ4n) is 4.17. The van der Waals surface area contributed by atoms with E-state index in [1.54, 1.807) is 11.6 Å². The number of aromatic amines is 1. The van der Waals surface area contributed by atoms with Crippen LogP contribution in [0.2, 0.25) is 0 Å². The molecule has 3 aromatic heterocycles. The van der Waals surface area contributed by atoms with Gasteiger partial charge in [0.05, 0.1) is 11.2 Å². The average Bonchev–Trinajstić information content (AvgIpc) is 3.32. The van der Waals surface area contributed by atoms with Crippen molar-refractivity contribution in [3.05, 3.63) is 100 Å². The number of hydrogen-bond acceptors (Lipinski definition) is 5. The zero-order chi connectivity index (χ0) is 24.5. The first-order chi connectivity index (χ1) is 16.9. The molecule has 176 valence electrons. The second-order valence-electron chi connectivity index (χ2n) is 8.74. The third-order valence-corrected chi connectivity index (χ3v) is 6.14. The highest BCUT2D eigenvalue weighted by atomic mass is 16.5. The standard InChI is InChI=1S/C28H27N5O2/c1-17-10-11-21(30-27-15-25(31-32-27)19(3)35-22-8-6-5-7-9-22)14-23(17)24-13-20-16-29-18(2)12-26(20)33(4)28(24)34/h5-16,19H,1-4H3,(H2,30,31,32). The van der Waals surface area contributed by atoms with Gasteiger partial charge in [-0.2, -0.15) is 5.10 Å². The van der Waals surface area contributed by atoms with Gasteiger partial charge in [-0.25, -0.2) is 0 Å². The van der Waals surface area contributed by atoms with E-state index in [1.165, 1.54) is 0 Å². The maximum absolute atomic E-state index is 13.2. The quantitative estimate of drug-likeness (QED) is 0.330. The Bertz CT molecular complexity index is 1570. The van der Waals surface area contributed by atoms with Gasteiger partial charge in [-0.15, -0.1) is 0 Å².